The Balaban J connectivity index is 0.000000507. The SMILES string of the molecule is CCC(C)(C)C(=O)OC(C)(C)C(=O)OC1CCOC1=O.CCC(C)(C)C(=O)OC(C)C(=O)OC1CCOC1=O.CCC(C)(C)C(=O)OCC(=O)OC1CCOC1=O.CCC(C)(C)C(=O)OCCC(=O)OC1CCOC1=O. The molecule has 0 amide bonds. The lowest BCUT2D eigenvalue weighted by Gasteiger charge is -2.29. The molecule has 0 saturated carbocycles. The molecule has 4 aliphatic rings. The molecule has 0 aromatic heterocycles. The molecule has 24 heteroatoms. The third-order valence-electron chi connectivity index (χ3n) is 12.7. The van der Waals surface area contributed by atoms with Crippen molar-refractivity contribution in [1.29, 1.82) is 0 Å². The van der Waals surface area contributed by atoms with E-state index in [1.54, 1.807) is 55.4 Å². The molecule has 5 unspecified atom stereocenters. The lowest BCUT2D eigenvalue weighted by molar-refractivity contribution is -0.188. The number of carbonyl (C=O) groups is 12. The molecule has 0 aliphatic carbocycles. The van der Waals surface area contributed by atoms with Crippen LogP contribution in [-0.2, 0) is 114 Å². The van der Waals surface area contributed by atoms with E-state index in [0.717, 1.165) is 0 Å². The quantitative estimate of drug-likeness (QED) is 0.109. The predicted octanol–water partition coefficient (Wildman–Crippen LogP) is 4.86. The Morgan fingerprint density at radius 1 is 0.461 bits per heavy atom. The van der Waals surface area contributed by atoms with Gasteiger partial charge in [-0.2, -0.15) is 0 Å². The molecule has 0 spiro atoms. The van der Waals surface area contributed by atoms with E-state index in [1.807, 2.05) is 27.7 Å². The molecule has 4 fully saturated rings. The molecule has 4 heterocycles. The molecule has 4 aliphatic heterocycles. The summed E-state index contributed by atoms with van der Waals surface area (Å²) in [5, 5.41) is 0. The van der Waals surface area contributed by atoms with Crippen LogP contribution in [0.15, 0.2) is 0 Å². The van der Waals surface area contributed by atoms with Crippen molar-refractivity contribution < 1.29 is 114 Å². The number of hydrogen-bond donors (Lipinski definition) is 0. The first-order valence-corrected chi connectivity index (χ1v) is 25.4. The molecule has 432 valence electrons. The number of esters is 12. The van der Waals surface area contributed by atoms with Gasteiger partial charge in [-0.1, -0.05) is 27.7 Å². The second-order valence-electron chi connectivity index (χ2n) is 21.0. The summed E-state index contributed by atoms with van der Waals surface area (Å²) in [5.41, 5.74) is -3.96. The summed E-state index contributed by atoms with van der Waals surface area (Å²) in [7, 11) is 0. The number of carbonyl (C=O) groups excluding carboxylic acids is 12. The first-order chi connectivity index (χ1) is 35.1. The van der Waals surface area contributed by atoms with Crippen LogP contribution in [0.4, 0.5) is 0 Å². The van der Waals surface area contributed by atoms with Crippen LogP contribution >= 0.6 is 0 Å². The maximum atomic E-state index is 12.0. The Kier molecular flexibility index (Phi) is 27.1. The highest BCUT2D eigenvalue weighted by Gasteiger charge is 2.42. The van der Waals surface area contributed by atoms with Crippen molar-refractivity contribution in [3.05, 3.63) is 0 Å². The smallest absolute Gasteiger partial charge is 0.350 e. The van der Waals surface area contributed by atoms with Crippen molar-refractivity contribution >= 4 is 71.6 Å². The number of cyclic esters (lactones) is 4. The summed E-state index contributed by atoms with van der Waals surface area (Å²) in [6.07, 6.45) is -0.707. The molecule has 0 radical (unpaired) electrons. The zero-order chi connectivity index (χ0) is 58.4. The fourth-order valence-corrected chi connectivity index (χ4v) is 5.35. The topological polar surface area (TPSA) is 316 Å². The first kappa shape index (κ1) is 67.7. The molecule has 76 heavy (non-hydrogen) atoms. The van der Waals surface area contributed by atoms with Crippen molar-refractivity contribution in [1.82, 2.24) is 0 Å². The van der Waals surface area contributed by atoms with Crippen LogP contribution in [0, 0.1) is 21.7 Å². The fraction of sp³-hybridized carbons (Fsp3) is 0.769. The molecule has 0 aromatic rings. The van der Waals surface area contributed by atoms with Gasteiger partial charge < -0.3 is 56.8 Å². The van der Waals surface area contributed by atoms with Gasteiger partial charge in [0.15, 0.2) is 12.7 Å². The Morgan fingerprint density at radius 2 is 0.803 bits per heavy atom. The van der Waals surface area contributed by atoms with Gasteiger partial charge in [0.05, 0.1) is 54.5 Å². The van der Waals surface area contributed by atoms with E-state index in [4.69, 9.17) is 42.6 Å². The summed E-state index contributed by atoms with van der Waals surface area (Å²) in [4.78, 5) is 138. The second-order valence-corrected chi connectivity index (χ2v) is 21.0. The van der Waals surface area contributed by atoms with Crippen molar-refractivity contribution in [2.45, 2.75) is 198 Å². The van der Waals surface area contributed by atoms with Gasteiger partial charge in [0.25, 0.3) is 0 Å². The van der Waals surface area contributed by atoms with E-state index in [2.05, 4.69) is 14.2 Å². The van der Waals surface area contributed by atoms with E-state index in [9.17, 15) is 57.5 Å². The minimum absolute atomic E-state index is 0.0388. The summed E-state index contributed by atoms with van der Waals surface area (Å²) in [5.74, 6) is -6.71. The van der Waals surface area contributed by atoms with Crippen LogP contribution in [0.3, 0.4) is 0 Å². The highest BCUT2D eigenvalue weighted by atomic mass is 16.7. The van der Waals surface area contributed by atoms with E-state index in [1.165, 1.54) is 20.8 Å². The molecule has 0 bridgehead atoms. The average Bonchev–Trinajstić information content (AvgIpc) is 4.17. The summed E-state index contributed by atoms with van der Waals surface area (Å²) in [6, 6.07) is 0. The van der Waals surface area contributed by atoms with Gasteiger partial charge in [-0.3, -0.25) is 24.0 Å². The summed E-state index contributed by atoms with van der Waals surface area (Å²) < 4.78 is 58.5. The summed E-state index contributed by atoms with van der Waals surface area (Å²) >= 11 is 0. The number of rotatable bonds is 21. The maximum absolute atomic E-state index is 12.0. The monoisotopic (exact) mass is 1090 g/mol. The minimum Gasteiger partial charge on any atom is -0.465 e. The highest BCUT2D eigenvalue weighted by Crippen LogP contribution is 2.27. The van der Waals surface area contributed by atoms with E-state index in [0.29, 0.717) is 51.4 Å². The van der Waals surface area contributed by atoms with E-state index >= 15 is 0 Å². The molecular weight excluding hydrogens is 1010 g/mol. The van der Waals surface area contributed by atoms with Gasteiger partial charge in [0.1, 0.15) is 6.61 Å². The van der Waals surface area contributed by atoms with Gasteiger partial charge >= 0.3 is 71.6 Å². The lowest BCUT2D eigenvalue weighted by atomic mass is 9.90. The van der Waals surface area contributed by atoms with Crippen molar-refractivity contribution in [2.75, 3.05) is 39.6 Å². The van der Waals surface area contributed by atoms with Gasteiger partial charge in [-0.15, -0.1) is 0 Å². The molecular formula is C52H80O24. The third kappa shape index (κ3) is 22.5. The van der Waals surface area contributed by atoms with Crippen LogP contribution in [0.25, 0.3) is 0 Å². The minimum atomic E-state index is -1.44. The number of hydrogen-bond acceptors (Lipinski definition) is 24. The van der Waals surface area contributed by atoms with Crippen LogP contribution in [0.5, 0.6) is 0 Å². The second kappa shape index (κ2) is 30.4. The lowest BCUT2D eigenvalue weighted by Crippen LogP contribution is -2.44. The summed E-state index contributed by atoms with van der Waals surface area (Å²) in [6.45, 7) is 26.2. The Labute approximate surface area is 444 Å². The normalized spacial score (nSPS) is 19.6. The largest absolute Gasteiger partial charge is 0.465 e. The van der Waals surface area contributed by atoms with Crippen molar-refractivity contribution in [3.63, 3.8) is 0 Å². The van der Waals surface area contributed by atoms with Crippen LogP contribution in [0.1, 0.15) is 162 Å². The highest BCUT2D eigenvalue weighted by molar-refractivity contribution is 5.88. The van der Waals surface area contributed by atoms with Gasteiger partial charge in [-0.25, -0.2) is 33.6 Å². The first-order valence-electron chi connectivity index (χ1n) is 25.4. The predicted molar refractivity (Wildman–Crippen MR) is 260 cm³/mol. The Hall–Kier alpha value is -6.36. The van der Waals surface area contributed by atoms with Gasteiger partial charge in [0, 0.05) is 25.7 Å². The van der Waals surface area contributed by atoms with Gasteiger partial charge in [-0.05, 0) is 102 Å². The zero-order valence-corrected chi connectivity index (χ0v) is 46.8. The van der Waals surface area contributed by atoms with Crippen LogP contribution < -0.4 is 0 Å². The van der Waals surface area contributed by atoms with E-state index < -0.39 is 130 Å². The zero-order valence-electron chi connectivity index (χ0n) is 46.8. The molecule has 4 saturated heterocycles. The third-order valence-corrected chi connectivity index (χ3v) is 12.7. The Bertz CT molecular complexity index is 2070. The van der Waals surface area contributed by atoms with Crippen LogP contribution in [0.2, 0.25) is 0 Å². The average molecular weight is 1090 g/mol. The van der Waals surface area contributed by atoms with Gasteiger partial charge in [0.2, 0.25) is 30.0 Å². The molecule has 24 nitrogen and oxygen atoms in total. The maximum Gasteiger partial charge on any atom is 0.350 e. The Morgan fingerprint density at radius 3 is 1.18 bits per heavy atom. The van der Waals surface area contributed by atoms with Crippen LogP contribution in [-0.4, -0.2) is 147 Å². The molecule has 0 aromatic carbocycles. The van der Waals surface area contributed by atoms with E-state index in [-0.39, 0.29) is 45.4 Å². The van der Waals surface area contributed by atoms with Crippen molar-refractivity contribution in [2.24, 2.45) is 21.7 Å². The molecule has 0 N–H and O–H groups in total. The molecule has 5 atom stereocenters. The fourth-order valence-electron chi connectivity index (χ4n) is 5.35. The molecule has 4 rings (SSSR count). The van der Waals surface area contributed by atoms with Crippen molar-refractivity contribution in [3.8, 4) is 0 Å². The standard InChI is InChI=1S/C14H22O6.2C13H20O6.C12H18O6/c1-6-13(2,3)11(16)20-14(4,5)12(17)19-9-7-8-18-10(9)15;1-5-13(3,4)12(16)18-8(2)10(14)19-9-6-7-17-11(9)15;1-4-13(2,3)12(16)18-8-6-10(14)19-9-5-7-17-11(9)15;1-4-12(2,3)11(15)17-7-9(13)18-8-5-6-16-10(8)14/h9H,6-8H2,1-5H3;8-9H,5-7H2,1-4H3;9H,4-8H2,1-3H3;8H,4-7H2,1-3H3. The number of ether oxygens (including phenoxy) is 12.